The first kappa shape index (κ1) is 16.8. The lowest BCUT2D eigenvalue weighted by atomic mass is 10.1. The molecular weight excluding hydrogens is 320 g/mol. The van der Waals surface area contributed by atoms with Gasteiger partial charge in [-0.05, 0) is 24.5 Å². The quantitative estimate of drug-likeness (QED) is 0.575. The Morgan fingerprint density at radius 1 is 1.28 bits per heavy atom. The first-order valence-electron chi connectivity index (χ1n) is 8.29. The molecule has 0 unspecified atom stereocenters. The fourth-order valence-electron chi connectivity index (χ4n) is 2.89. The third kappa shape index (κ3) is 3.57. The fraction of sp³-hybridized carbons (Fsp3) is 0.263. The molecule has 0 spiro atoms. The number of carboxylic acid groups (broad SMARTS) is 1. The summed E-state index contributed by atoms with van der Waals surface area (Å²) in [6, 6.07) is 9.38. The number of amides is 1. The first-order valence-corrected chi connectivity index (χ1v) is 8.29. The van der Waals surface area contributed by atoms with E-state index in [2.05, 4.69) is 16.4 Å². The summed E-state index contributed by atoms with van der Waals surface area (Å²) >= 11 is 0. The van der Waals surface area contributed by atoms with Gasteiger partial charge in [0.1, 0.15) is 11.3 Å². The molecule has 3 N–H and O–H groups in total. The van der Waals surface area contributed by atoms with E-state index in [4.69, 9.17) is 9.52 Å². The molecule has 0 aliphatic carbocycles. The van der Waals surface area contributed by atoms with E-state index in [1.165, 1.54) is 17.0 Å². The van der Waals surface area contributed by atoms with Crippen molar-refractivity contribution in [2.75, 3.05) is 6.54 Å². The van der Waals surface area contributed by atoms with E-state index in [1.54, 1.807) is 6.92 Å². The third-order valence-electron chi connectivity index (χ3n) is 4.17. The van der Waals surface area contributed by atoms with Crippen molar-refractivity contribution in [2.24, 2.45) is 0 Å². The van der Waals surface area contributed by atoms with Crippen molar-refractivity contribution >= 4 is 22.8 Å². The molecule has 3 aromatic rings. The number of furan rings is 1. The summed E-state index contributed by atoms with van der Waals surface area (Å²) < 4.78 is 5.35. The van der Waals surface area contributed by atoms with Gasteiger partial charge in [0, 0.05) is 36.1 Å². The van der Waals surface area contributed by atoms with Crippen LogP contribution in [0.15, 0.2) is 40.9 Å². The largest absolute Gasteiger partial charge is 0.478 e. The zero-order chi connectivity index (χ0) is 17.8. The zero-order valence-electron chi connectivity index (χ0n) is 14.0. The highest BCUT2D eigenvalue weighted by molar-refractivity contribution is 5.96. The number of aryl methyl sites for hydroxylation is 2. The van der Waals surface area contributed by atoms with E-state index < -0.39 is 5.97 Å². The van der Waals surface area contributed by atoms with Gasteiger partial charge in [-0.25, -0.2) is 4.79 Å². The van der Waals surface area contributed by atoms with Gasteiger partial charge in [0.2, 0.25) is 0 Å². The number of aromatic carboxylic acids is 1. The van der Waals surface area contributed by atoms with Crippen LogP contribution in [0.4, 0.5) is 0 Å². The number of nitrogens with one attached hydrogen (secondary N) is 2. The van der Waals surface area contributed by atoms with Crippen LogP contribution in [0.3, 0.4) is 0 Å². The Morgan fingerprint density at radius 3 is 2.80 bits per heavy atom. The Morgan fingerprint density at radius 2 is 2.08 bits per heavy atom. The lowest BCUT2D eigenvalue weighted by Gasteiger charge is -2.03. The van der Waals surface area contributed by atoms with Gasteiger partial charge in [-0.2, -0.15) is 0 Å². The number of rotatable bonds is 7. The third-order valence-corrected chi connectivity index (χ3v) is 4.17. The number of H-pyrrole nitrogens is 1. The Hall–Kier alpha value is -3.02. The van der Waals surface area contributed by atoms with Crippen LogP contribution in [0.25, 0.3) is 10.9 Å². The Kier molecular flexibility index (Phi) is 4.88. The molecule has 0 aliphatic rings. The summed E-state index contributed by atoms with van der Waals surface area (Å²) in [7, 11) is 0. The topological polar surface area (TPSA) is 95.3 Å². The molecule has 2 heterocycles. The summed E-state index contributed by atoms with van der Waals surface area (Å²) in [6.45, 7) is 2.27. The van der Waals surface area contributed by atoms with E-state index in [-0.39, 0.29) is 17.2 Å². The number of carbonyl (C=O) groups excluding carboxylic acids is 1. The van der Waals surface area contributed by atoms with Crippen LogP contribution in [-0.2, 0) is 12.8 Å². The molecule has 0 aliphatic heterocycles. The van der Waals surface area contributed by atoms with Crippen molar-refractivity contribution in [3.8, 4) is 0 Å². The number of benzene rings is 1. The van der Waals surface area contributed by atoms with Crippen molar-refractivity contribution in [1.82, 2.24) is 10.3 Å². The average Bonchev–Trinajstić information content (AvgIpc) is 3.23. The fourth-order valence-corrected chi connectivity index (χ4v) is 2.89. The van der Waals surface area contributed by atoms with Crippen molar-refractivity contribution in [2.45, 2.75) is 26.2 Å². The van der Waals surface area contributed by atoms with Gasteiger partial charge in [-0.3, -0.25) is 4.79 Å². The van der Waals surface area contributed by atoms with Crippen molar-refractivity contribution < 1.29 is 19.1 Å². The minimum atomic E-state index is -1.08. The van der Waals surface area contributed by atoms with Gasteiger partial charge in [0.05, 0.1) is 0 Å². The smallest absolute Gasteiger partial charge is 0.339 e. The van der Waals surface area contributed by atoms with E-state index >= 15 is 0 Å². The lowest BCUT2D eigenvalue weighted by Crippen LogP contribution is -2.24. The minimum absolute atomic E-state index is 0.0429. The number of aromatic amines is 1. The maximum absolute atomic E-state index is 12.1. The van der Waals surface area contributed by atoms with Crippen LogP contribution in [0, 0.1) is 0 Å². The Balaban J connectivity index is 1.55. The van der Waals surface area contributed by atoms with E-state index in [9.17, 15) is 9.59 Å². The minimum Gasteiger partial charge on any atom is -0.478 e. The number of carboxylic acids is 1. The van der Waals surface area contributed by atoms with Gasteiger partial charge in [-0.1, -0.05) is 25.1 Å². The lowest BCUT2D eigenvalue weighted by molar-refractivity contribution is 0.0694. The first-order chi connectivity index (χ1) is 12.1. The second-order valence-corrected chi connectivity index (χ2v) is 5.83. The SMILES string of the molecule is CCc1oc(C(=O)NCCCc2c[nH]c3ccccc23)cc1C(=O)O. The predicted octanol–water partition coefficient (Wildman–Crippen LogP) is 3.38. The highest BCUT2D eigenvalue weighted by Gasteiger charge is 2.19. The van der Waals surface area contributed by atoms with Crippen LogP contribution in [0.1, 0.15) is 45.6 Å². The average molecular weight is 340 g/mol. The number of aromatic nitrogens is 1. The van der Waals surface area contributed by atoms with Gasteiger partial charge in [0.15, 0.2) is 5.76 Å². The number of fused-ring (bicyclic) bond motifs is 1. The normalized spacial score (nSPS) is 10.9. The molecule has 0 saturated heterocycles. The summed E-state index contributed by atoms with van der Waals surface area (Å²) in [4.78, 5) is 26.5. The van der Waals surface area contributed by atoms with Crippen LogP contribution < -0.4 is 5.32 Å². The number of hydrogen-bond donors (Lipinski definition) is 3. The van der Waals surface area contributed by atoms with Gasteiger partial charge in [0.25, 0.3) is 5.91 Å². The van der Waals surface area contributed by atoms with Gasteiger partial charge in [-0.15, -0.1) is 0 Å². The molecule has 130 valence electrons. The van der Waals surface area contributed by atoms with E-state index in [0.29, 0.717) is 18.7 Å². The van der Waals surface area contributed by atoms with Crippen LogP contribution in [-0.4, -0.2) is 28.5 Å². The summed E-state index contributed by atoms with van der Waals surface area (Å²) in [6.07, 6.45) is 4.03. The molecule has 2 aromatic heterocycles. The number of carbonyl (C=O) groups is 2. The second kappa shape index (κ2) is 7.25. The van der Waals surface area contributed by atoms with E-state index in [0.717, 1.165) is 18.4 Å². The maximum Gasteiger partial charge on any atom is 0.339 e. The molecule has 0 atom stereocenters. The second-order valence-electron chi connectivity index (χ2n) is 5.83. The van der Waals surface area contributed by atoms with E-state index in [1.807, 2.05) is 24.4 Å². The zero-order valence-corrected chi connectivity index (χ0v) is 14.0. The molecule has 3 rings (SSSR count). The summed E-state index contributed by atoms with van der Waals surface area (Å²) in [5.41, 5.74) is 2.36. The number of hydrogen-bond acceptors (Lipinski definition) is 3. The molecule has 1 amide bonds. The van der Waals surface area contributed by atoms with Gasteiger partial charge >= 0.3 is 5.97 Å². The maximum atomic E-state index is 12.1. The molecule has 0 bridgehead atoms. The Labute approximate surface area is 144 Å². The van der Waals surface area contributed by atoms with Crippen LogP contribution in [0.5, 0.6) is 0 Å². The monoisotopic (exact) mass is 340 g/mol. The van der Waals surface area contributed by atoms with Crippen molar-refractivity contribution in [3.63, 3.8) is 0 Å². The Bertz CT molecular complexity index is 907. The molecule has 6 nitrogen and oxygen atoms in total. The molecule has 0 fully saturated rings. The molecular formula is C19H20N2O4. The molecule has 0 radical (unpaired) electrons. The van der Waals surface area contributed by atoms with Gasteiger partial charge < -0.3 is 19.8 Å². The van der Waals surface area contributed by atoms with Crippen LogP contribution >= 0.6 is 0 Å². The van der Waals surface area contributed by atoms with Crippen molar-refractivity contribution in [3.05, 3.63) is 59.2 Å². The van der Waals surface area contributed by atoms with Crippen molar-refractivity contribution in [1.29, 1.82) is 0 Å². The molecule has 0 saturated carbocycles. The summed E-state index contributed by atoms with van der Waals surface area (Å²) in [5, 5.41) is 13.1. The number of para-hydroxylation sites is 1. The molecule has 25 heavy (non-hydrogen) atoms. The standard InChI is InChI=1S/C19H20N2O4/c1-2-16-14(19(23)24)10-17(25-16)18(22)20-9-5-6-12-11-21-15-8-4-3-7-13(12)15/h3-4,7-8,10-11,21H,2,5-6,9H2,1H3,(H,20,22)(H,23,24). The van der Waals surface area contributed by atoms with Crippen LogP contribution in [0.2, 0.25) is 0 Å². The predicted molar refractivity (Wildman–Crippen MR) is 94.0 cm³/mol. The molecule has 6 heteroatoms. The highest BCUT2D eigenvalue weighted by Crippen LogP contribution is 2.19. The highest BCUT2D eigenvalue weighted by atomic mass is 16.4. The molecule has 1 aromatic carbocycles. The summed E-state index contributed by atoms with van der Waals surface area (Å²) in [5.74, 6) is -1.11.